The van der Waals surface area contributed by atoms with Gasteiger partial charge in [-0.15, -0.1) is 0 Å². The molecule has 1 unspecified atom stereocenters. The Balaban J connectivity index is 1.45. The molecule has 3 nitrogen and oxygen atoms in total. The number of amides is 1. The Morgan fingerprint density at radius 1 is 0.763 bits per heavy atom. The molecule has 1 aromatic rings. The van der Waals surface area contributed by atoms with Gasteiger partial charge >= 0.3 is 0 Å². The Labute approximate surface area is 240 Å². The summed E-state index contributed by atoms with van der Waals surface area (Å²) < 4.78 is 0. The van der Waals surface area contributed by atoms with Gasteiger partial charge in [0.2, 0.25) is 0 Å². The summed E-state index contributed by atoms with van der Waals surface area (Å²) in [6.07, 6.45) is 12.1. The number of Topliss-reactive ketones (excluding diaryl/α,β-unsaturated/α-hetero) is 1. The average Bonchev–Trinajstić information content (AvgIpc) is 2.92. The lowest BCUT2D eigenvalue weighted by Gasteiger charge is -2.38. The van der Waals surface area contributed by atoms with Crippen molar-refractivity contribution in [3.8, 4) is 0 Å². The van der Waals surface area contributed by atoms with Crippen LogP contribution in [-0.4, -0.2) is 39.7 Å². The highest BCUT2D eigenvalue weighted by atomic mass is 32.2. The second-order valence-electron chi connectivity index (χ2n) is 13.0. The molecular weight excluding hydrogens is 507 g/mol. The molecule has 0 aromatic heterocycles. The van der Waals surface area contributed by atoms with Crippen LogP contribution in [0.15, 0.2) is 24.3 Å². The molecule has 6 aliphatic rings. The molecule has 0 spiro atoms. The second kappa shape index (κ2) is 14.1. The van der Waals surface area contributed by atoms with Gasteiger partial charge in [0, 0.05) is 45.1 Å². The topological polar surface area (TPSA) is 46.2 Å². The molecule has 4 saturated heterocycles. The summed E-state index contributed by atoms with van der Waals surface area (Å²) in [6, 6.07) is 7.47. The maximum atomic E-state index is 13.7. The summed E-state index contributed by atoms with van der Waals surface area (Å²) >= 11 is 4.14. The van der Waals surface area contributed by atoms with Crippen molar-refractivity contribution in [3.63, 3.8) is 0 Å². The molecule has 1 amide bonds. The van der Waals surface area contributed by atoms with E-state index in [-0.39, 0.29) is 23.7 Å². The molecule has 212 valence electrons. The second-order valence-corrected chi connectivity index (χ2v) is 15.7. The standard InChI is InChI=1S/C33H51NO2S2/c1-21(2)34-33(36)28-10-8-27(9-11-28)32(35)29-19-37-30-14-6-25(7-15-30)18-22(3)23(4)24(5)26-12-16-31(17-13-26)38-20-29/h8-11,21-26,29-31H,6-7,12-20H2,1-5H3,(H,34,36)/t22-,23-,24-,25-,26?,29?,30+,31?/m0/s1. The van der Waals surface area contributed by atoms with Crippen LogP contribution in [0.2, 0.25) is 0 Å². The number of nitrogens with one attached hydrogen (secondary N) is 1. The van der Waals surface area contributed by atoms with Crippen molar-refractivity contribution in [3.05, 3.63) is 35.4 Å². The number of hydrogen-bond donors (Lipinski definition) is 1. The van der Waals surface area contributed by atoms with Crippen molar-refractivity contribution in [1.29, 1.82) is 0 Å². The average molecular weight is 558 g/mol. The van der Waals surface area contributed by atoms with E-state index in [0.717, 1.165) is 46.7 Å². The van der Waals surface area contributed by atoms with E-state index < -0.39 is 0 Å². The van der Waals surface area contributed by atoms with Crippen LogP contribution >= 0.6 is 23.5 Å². The van der Waals surface area contributed by atoms with Gasteiger partial charge in [-0.05, 0) is 113 Å². The maximum absolute atomic E-state index is 13.7. The first-order valence-corrected chi connectivity index (χ1v) is 17.5. The van der Waals surface area contributed by atoms with E-state index >= 15 is 0 Å². The van der Waals surface area contributed by atoms with Crippen LogP contribution in [0.5, 0.6) is 0 Å². The Morgan fingerprint density at radius 2 is 1.29 bits per heavy atom. The van der Waals surface area contributed by atoms with Gasteiger partial charge in [0.15, 0.2) is 5.78 Å². The molecule has 1 aromatic carbocycles. The van der Waals surface area contributed by atoms with Gasteiger partial charge in [0.05, 0.1) is 0 Å². The summed E-state index contributed by atoms with van der Waals surface area (Å²) in [4.78, 5) is 26.1. The normalized spacial score (nSPS) is 35.1. The molecule has 7 rings (SSSR count). The number of rotatable bonds is 4. The van der Waals surface area contributed by atoms with Crippen molar-refractivity contribution >= 4 is 35.2 Å². The minimum Gasteiger partial charge on any atom is -0.350 e. The fourth-order valence-electron chi connectivity index (χ4n) is 7.07. The van der Waals surface area contributed by atoms with E-state index in [1.807, 2.05) is 38.1 Å². The summed E-state index contributed by atoms with van der Waals surface area (Å²) in [7, 11) is 0. The van der Waals surface area contributed by atoms with Crippen LogP contribution in [-0.2, 0) is 0 Å². The summed E-state index contributed by atoms with van der Waals surface area (Å²) in [6.45, 7) is 11.5. The summed E-state index contributed by atoms with van der Waals surface area (Å²) in [5.41, 5.74) is 1.38. The zero-order chi connectivity index (χ0) is 27.2. The van der Waals surface area contributed by atoms with E-state index in [0.29, 0.717) is 16.1 Å². The zero-order valence-electron chi connectivity index (χ0n) is 24.4. The number of carbonyl (C=O) groups is 2. The molecule has 1 N–H and O–H groups in total. The Kier molecular flexibility index (Phi) is 11.1. The van der Waals surface area contributed by atoms with Crippen molar-refractivity contribution in [2.45, 2.75) is 109 Å². The van der Waals surface area contributed by atoms with Crippen LogP contribution in [0.4, 0.5) is 0 Å². The molecule has 2 saturated carbocycles. The Bertz CT molecular complexity index is 900. The lowest BCUT2D eigenvalue weighted by atomic mass is 9.69. The Hall–Kier alpha value is -0.940. The molecule has 0 radical (unpaired) electrons. The van der Waals surface area contributed by atoms with E-state index in [2.05, 4.69) is 49.6 Å². The largest absolute Gasteiger partial charge is 0.350 e. The quantitative estimate of drug-likeness (QED) is 0.377. The van der Waals surface area contributed by atoms with Crippen LogP contribution in [0.3, 0.4) is 0 Å². The van der Waals surface area contributed by atoms with Gasteiger partial charge in [0.1, 0.15) is 0 Å². The number of thioether (sulfide) groups is 2. The smallest absolute Gasteiger partial charge is 0.251 e. The molecule has 4 aliphatic heterocycles. The highest BCUT2D eigenvalue weighted by Crippen LogP contribution is 2.43. The fourth-order valence-corrected chi connectivity index (χ4v) is 9.98. The van der Waals surface area contributed by atoms with Gasteiger partial charge in [0.25, 0.3) is 5.91 Å². The predicted octanol–water partition coefficient (Wildman–Crippen LogP) is 8.52. The monoisotopic (exact) mass is 557 g/mol. The van der Waals surface area contributed by atoms with E-state index in [1.54, 1.807) is 0 Å². The number of carbonyl (C=O) groups excluding carboxylic acids is 2. The van der Waals surface area contributed by atoms with Crippen molar-refractivity contribution < 1.29 is 9.59 Å². The van der Waals surface area contributed by atoms with E-state index in [1.165, 1.54) is 57.8 Å². The molecule has 4 atom stereocenters. The summed E-state index contributed by atoms with van der Waals surface area (Å²) in [5.74, 6) is 6.31. The van der Waals surface area contributed by atoms with Gasteiger partial charge in [-0.3, -0.25) is 9.59 Å². The van der Waals surface area contributed by atoms with Gasteiger partial charge in [-0.2, -0.15) is 23.5 Å². The molecule has 6 fully saturated rings. The SMILES string of the molecule is CC(C)NC(=O)c1ccc(C(=O)C2CSC3CCC(CC3)[C@@H](C)[C@@H](C)[C@@H](C)C[C@H]3CC[C@H](CC3)SC2)cc1. The number of hydrogen-bond acceptors (Lipinski definition) is 4. The lowest BCUT2D eigenvalue weighted by Crippen LogP contribution is -2.30. The van der Waals surface area contributed by atoms with Gasteiger partial charge in [-0.1, -0.05) is 32.9 Å². The van der Waals surface area contributed by atoms with Crippen molar-refractivity contribution in [1.82, 2.24) is 5.32 Å². The number of ketones is 1. The van der Waals surface area contributed by atoms with Gasteiger partial charge in [-0.25, -0.2) is 0 Å². The third kappa shape index (κ3) is 8.05. The highest BCUT2D eigenvalue weighted by Gasteiger charge is 2.33. The molecule has 5 heteroatoms. The Morgan fingerprint density at radius 3 is 1.84 bits per heavy atom. The third-order valence-electron chi connectivity index (χ3n) is 9.98. The lowest BCUT2D eigenvalue weighted by molar-refractivity contribution is 0.0932. The molecule has 38 heavy (non-hydrogen) atoms. The van der Waals surface area contributed by atoms with Crippen LogP contribution in [0.1, 0.15) is 113 Å². The first-order valence-electron chi connectivity index (χ1n) is 15.4. The van der Waals surface area contributed by atoms with Crippen molar-refractivity contribution in [2.75, 3.05) is 11.5 Å². The van der Waals surface area contributed by atoms with E-state index in [9.17, 15) is 9.59 Å². The highest BCUT2D eigenvalue weighted by molar-refractivity contribution is 8.00. The first-order chi connectivity index (χ1) is 18.2. The molecule has 2 aliphatic carbocycles. The first kappa shape index (κ1) is 30.0. The van der Waals surface area contributed by atoms with Crippen molar-refractivity contribution in [2.24, 2.45) is 35.5 Å². The van der Waals surface area contributed by atoms with Crippen LogP contribution in [0.25, 0.3) is 0 Å². The molecule has 4 heterocycles. The fraction of sp³-hybridized carbons (Fsp3) is 0.758. The zero-order valence-corrected chi connectivity index (χ0v) is 26.0. The minimum absolute atomic E-state index is 0.0467. The summed E-state index contributed by atoms with van der Waals surface area (Å²) in [5, 5.41) is 4.33. The third-order valence-corrected chi connectivity index (χ3v) is 13.1. The van der Waals surface area contributed by atoms with Crippen LogP contribution in [0, 0.1) is 35.5 Å². The molecular formula is C33H51NO2S2. The molecule has 4 bridgehead atoms. The predicted molar refractivity (Wildman–Crippen MR) is 165 cm³/mol. The van der Waals surface area contributed by atoms with Gasteiger partial charge < -0.3 is 5.32 Å². The van der Waals surface area contributed by atoms with Crippen LogP contribution < -0.4 is 5.32 Å². The maximum Gasteiger partial charge on any atom is 0.251 e. The van der Waals surface area contributed by atoms with E-state index in [4.69, 9.17) is 0 Å². The minimum atomic E-state index is -0.0741. The number of benzene rings is 1.